The van der Waals surface area contributed by atoms with Crippen LogP contribution in [0.3, 0.4) is 0 Å². The minimum Gasteiger partial charge on any atom is -0.322 e. The number of aromatic nitrogens is 6. The van der Waals surface area contributed by atoms with Crippen molar-refractivity contribution in [3.8, 4) is 0 Å². The monoisotopic (exact) mass is 385 g/mol. The lowest BCUT2D eigenvalue weighted by Crippen LogP contribution is -2.21. The summed E-state index contributed by atoms with van der Waals surface area (Å²) in [7, 11) is 0. The summed E-state index contributed by atoms with van der Waals surface area (Å²) in [6.45, 7) is 0.302. The molecule has 9 nitrogen and oxygen atoms in total. The number of hydrogen-bond donors (Lipinski definition) is 1. The van der Waals surface area contributed by atoms with Crippen molar-refractivity contribution < 1.29 is 4.79 Å². The molecule has 9 heteroatoms. The minimum atomic E-state index is -0.248. The number of nitrogens with one attached hydrogen (secondary N) is 1. The maximum absolute atomic E-state index is 12.6. The molecule has 5 rings (SSSR count). The molecule has 0 atom stereocenters. The van der Waals surface area contributed by atoms with Crippen LogP contribution in [-0.2, 0) is 6.54 Å². The highest BCUT2D eigenvalue weighted by molar-refractivity contribution is 6.04. The lowest BCUT2D eigenvalue weighted by molar-refractivity contribution is 0.102. The number of hydrogen-bond acceptors (Lipinski definition) is 5. The van der Waals surface area contributed by atoms with Crippen LogP contribution in [-0.4, -0.2) is 34.7 Å². The van der Waals surface area contributed by atoms with E-state index in [2.05, 4.69) is 20.6 Å². The molecule has 29 heavy (non-hydrogen) atoms. The highest BCUT2D eigenvalue weighted by atomic mass is 16.2. The number of nitrogens with zero attached hydrogens (tertiary/aromatic N) is 6. The van der Waals surface area contributed by atoms with Gasteiger partial charge in [0.25, 0.3) is 5.91 Å². The topological polar surface area (TPSA) is 98.6 Å². The molecule has 4 heterocycles. The van der Waals surface area contributed by atoms with Crippen molar-refractivity contribution in [2.24, 2.45) is 0 Å². The molecule has 0 aliphatic rings. The second kappa shape index (κ2) is 6.71. The Bertz CT molecular complexity index is 1410. The van der Waals surface area contributed by atoms with E-state index in [9.17, 15) is 9.59 Å². The number of benzene rings is 1. The van der Waals surface area contributed by atoms with Gasteiger partial charge in [-0.1, -0.05) is 18.2 Å². The summed E-state index contributed by atoms with van der Waals surface area (Å²) >= 11 is 0. The van der Waals surface area contributed by atoms with Crippen molar-refractivity contribution in [1.82, 2.24) is 28.8 Å². The summed E-state index contributed by atoms with van der Waals surface area (Å²) in [6.07, 6.45) is 4.90. The Morgan fingerprint density at radius 3 is 2.86 bits per heavy atom. The van der Waals surface area contributed by atoms with E-state index in [0.717, 1.165) is 5.56 Å². The van der Waals surface area contributed by atoms with Crippen molar-refractivity contribution in [3.63, 3.8) is 0 Å². The third-order valence-corrected chi connectivity index (χ3v) is 4.56. The summed E-state index contributed by atoms with van der Waals surface area (Å²) in [6, 6.07) is 16.2. The zero-order valence-corrected chi connectivity index (χ0v) is 15.1. The van der Waals surface area contributed by atoms with Crippen LogP contribution in [0.2, 0.25) is 0 Å². The van der Waals surface area contributed by atoms with Crippen LogP contribution in [0.15, 0.2) is 78.1 Å². The van der Waals surface area contributed by atoms with Gasteiger partial charge in [-0.15, -0.1) is 15.3 Å². The molecule has 0 aliphatic heterocycles. The molecule has 0 saturated carbocycles. The van der Waals surface area contributed by atoms with Gasteiger partial charge in [0.1, 0.15) is 6.33 Å². The molecule has 142 valence electrons. The predicted octanol–water partition coefficient (Wildman–Crippen LogP) is 1.84. The SMILES string of the molecule is O=C(Nc1cccc(Cn2nc3ccccn3c2=O)c1)c1ccc2nncn2c1. The van der Waals surface area contributed by atoms with Crippen molar-refractivity contribution in [3.05, 3.63) is 94.9 Å². The van der Waals surface area contributed by atoms with Crippen molar-refractivity contribution in [1.29, 1.82) is 0 Å². The van der Waals surface area contributed by atoms with Crippen LogP contribution in [0, 0.1) is 0 Å². The fraction of sp³-hybridized carbons (Fsp3) is 0.0500. The Morgan fingerprint density at radius 2 is 1.97 bits per heavy atom. The van der Waals surface area contributed by atoms with E-state index in [1.807, 2.05) is 24.3 Å². The molecule has 1 aromatic carbocycles. The molecule has 4 aromatic heterocycles. The summed E-state index contributed by atoms with van der Waals surface area (Å²) in [5.74, 6) is -0.248. The van der Waals surface area contributed by atoms with Gasteiger partial charge >= 0.3 is 5.69 Å². The molecule has 0 bridgehead atoms. The fourth-order valence-corrected chi connectivity index (χ4v) is 3.16. The second-order valence-electron chi connectivity index (χ2n) is 6.54. The molecule has 0 unspecified atom stereocenters. The minimum absolute atomic E-state index is 0.211. The van der Waals surface area contributed by atoms with Crippen LogP contribution in [0.5, 0.6) is 0 Å². The number of fused-ring (bicyclic) bond motifs is 2. The van der Waals surface area contributed by atoms with Gasteiger partial charge in [-0.3, -0.25) is 13.6 Å². The van der Waals surface area contributed by atoms with Gasteiger partial charge in [-0.25, -0.2) is 9.48 Å². The number of carbonyl (C=O) groups excluding carboxylic acids is 1. The standard InChI is InChI=1S/C20H15N7O2/c28-19(15-7-8-17-23-21-13-25(17)12-15)22-16-5-3-4-14(10-16)11-27-20(29)26-9-2-1-6-18(26)24-27/h1-10,12-13H,11H2,(H,22,28). The van der Waals surface area contributed by atoms with Crippen LogP contribution < -0.4 is 11.0 Å². The first-order valence-corrected chi connectivity index (χ1v) is 8.91. The largest absolute Gasteiger partial charge is 0.350 e. The van der Waals surface area contributed by atoms with Gasteiger partial charge in [0.2, 0.25) is 0 Å². The zero-order valence-electron chi connectivity index (χ0n) is 15.1. The number of anilines is 1. The second-order valence-corrected chi connectivity index (χ2v) is 6.54. The summed E-state index contributed by atoms with van der Waals surface area (Å²) in [5.41, 5.74) is 3.01. The van der Waals surface area contributed by atoms with Gasteiger partial charge in [0, 0.05) is 18.1 Å². The van der Waals surface area contributed by atoms with E-state index in [0.29, 0.717) is 29.1 Å². The molecular formula is C20H15N7O2. The molecule has 1 N–H and O–H groups in total. The number of carbonyl (C=O) groups is 1. The van der Waals surface area contributed by atoms with Gasteiger partial charge in [-0.2, -0.15) is 0 Å². The summed E-state index contributed by atoms with van der Waals surface area (Å²) < 4.78 is 4.57. The zero-order chi connectivity index (χ0) is 19.8. The van der Waals surface area contributed by atoms with Crippen molar-refractivity contribution in [2.75, 3.05) is 5.32 Å². The third-order valence-electron chi connectivity index (χ3n) is 4.56. The molecule has 0 radical (unpaired) electrons. The lowest BCUT2D eigenvalue weighted by Gasteiger charge is -2.08. The normalized spacial score (nSPS) is 11.2. The predicted molar refractivity (Wildman–Crippen MR) is 106 cm³/mol. The molecule has 0 fully saturated rings. The highest BCUT2D eigenvalue weighted by Crippen LogP contribution is 2.14. The molecule has 0 aliphatic carbocycles. The Morgan fingerprint density at radius 1 is 1.03 bits per heavy atom. The van der Waals surface area contributed by atoms with E-state index >= 15 is 0 Å². The number of rotatable bonds is 4. The van der Waals surface area contributed by atoms with E-state index in [-0.39, 0.29) is 11.6 Å². The average Bonchev–Trinajstić information content (AvgIpc) is 3.33. The Balaban J connectivity index is 1.38. The maximum Gasteiger partial charge on any atom is 0.350 e. The number of pyridine rings is 2. The molecule has 5 aromatic rings. The Labute approximate surface area is 163 Å². The van der Waals surface area contributed by atoms with Crippen LogP contribution in [0.1, 0.15) is 15.9 Å². The maximum atomic E-state index is 12.6. The van der Waals surface area contributed by atoms with E-state index < -0.39 is 0 Å². The van der Waals surface area contributed by atoms with Crippen LogP contribution in [0.4, 0.5) is 5.69 Å². The number of amides is 1. The smallest absolute Gasteiger partial charge is 0.322 e. The van der Waals surface area contributed by atoms with Gasteiger partial charge in [-0.05, 0) is 42.0 Å². The summed E-state index contributed by atoms with van der Waals surface area (Å²) in [5, 5.41) is 14.9. The lowest BCUT2D eigenvalue weighted by atomic mass is 10.2. The first-order chi connectivity index (χ1) is 14.2. The Kier molecular flexibility index (Phi) is 3.91. The first kappa shape index (κ1) is 16.9. The average molecular weight is 385 g/mol. The Hall–Kier alpha value is -4.27. The molecule has 1 amide bonds. The van der Waals surface area contributed by atoms with E-state index in [1.54, 1.807) is 53.5 Å². The van der Waals surface area contributed by atoms with Gasteiger partial charge in [0.15, 0.2) is 11.3 Å². The van der Waals surface area contributed by atoms with Crippen molar-refractivity contribution >= 4 is 22.9 Å². The van der Waals surface area contributed by atoms with Crippen LogP contribution >= 0.6 is 0 Å². The molecule has 0 spiro atoms. The molecule has 0 saturated heterocycles. The molecular weight excluding hydrogens is 370 g/mol. The quantitative estimate of drug-likeness (QED) is 0.509. The van der Waals surface area contributed by atoms with Gasteiger partial charge in [0.05, 0.1) is 12.1 Å². The third kappa shape index (κ3) is 3.14. The highest BCUT2D eigenvalue weighted by Gasteiger charge is 2.10. The van der Waals surface area contributed by atoms with Crippen LogP contribution in [0.25, 0.3) is 11.3 Å². The van der Waals surface area contributed by atoms with Gasteiger partial charge < -0.3 is 5.32 Å². The fourth-order valence-electron chi connectivity index (χ4n) is 3.16. The van der Waals surface area contributed by atoms with E-state index in [4.69, 9.17) is 0 Å². The van der Waals surface area contributed by atoms with Crippen molar-refractivity contribution in [2.45, 2.75) is 6.54 Å². The van der Waals surface area contributed by atoms with E-state index in [1.165, 1.54) is 9.08 Å². The first-order valence-electron chi connectivity index (χ1n) is 8.91. The summed E-state index contributed by atoms with van der Waals surface area (Å²) in [4.78, 5) is 25.0.